The topological polar surface area (TPSA) is 40.5 Å². The molecule has 0 bridgehead atoms. The van der Waals surface area contributed by atoms with Crippen LogP contribution < -0.4 is 0 Å². The maximum Gasteiger partial charge on any atom is 0.227 e. The number of carbonyl (C=O) groups is 1. The third kappa shape index (κ3) is 3.45. The van der Waals surface area contributed by atoms with Gasteiger partial charge in [0.1, 0.15) is 17.5 Å². The normalized spacial score (nSPS) is 10.4. The molecular weight excluding hydrogens is 235 g/mol. The number of likely N-dealkylation sites (N-methyl/N-ethyl adjacent to an activating group) is 1. The molecule has 1 aromatic rings. The van der Waals surface area contributed by atoms with Gasteiger partial charge in [0.05, 0.1) is 13.0 Å². The Kier molecular flexibility index (Phi) is 4.51. The van der Waals surface area contributed by atoms with Gasteiger partial charge in [-0.05, 0) is 0 Å². The molecule has 0 aliphatic rings. The van der Waals surface area contributed by atoms with Crippen LogP contribution in [0.2, 0.25) is 0 Å². The Hall–Kier alpha value is -1.56. The van der Waals surface area contributed by atoms with Crippen molar-refractivity contribution < 1.29 is 23.1 Å². The number of nitrogens with zero attached hydrogens (tertiary/aromatic N) is 1. The molecule has 0 saturated carbocycles. The second-order valence-corrected chi connectivity index (χ2v) is 3.56. The van der Waals surface area contributed by atoms with Gasteiger partial charge in [0.25, 0.3) is 0 Å². The highest BCUT2D eigenvalue weighted by atomic mass is 19.1. The summed E-state index contributed by atoms with van der Waals surface area (Å²) in [7, 11) is 1.40. The molecule has 0 spiro atoms. The Morgan fingerprint density at radius 3 is 2.29 bits per heavy atom. The summed E-state index contributed by atoms with van der Waals surface area (Å²) in [5.41, 5.74) is -0.471. The van der Waals surface area contributed by atoms with Gasteiger partial charge in [-0.2, -0.15) is 0 Å². The van der Waals surface area contributed by atoms with Crippen molar-refractivity contribution in [2.24, 2.45) is 0 Å². The molecule has 0 saturated heterocycles. The monoisotopic (exact) mass is 247 g/mol. The average Bonchev–Trinajstić information content (AvgIpc) is 2.23. The van der Waals surface area contributed by atoms with E-state index in [1.165, 1.54) is 7.05 Å². The summed E-state index contributed by atoms with van der Waals surface area (Å²) < 4.78 is 39.1. The number of carbonyl (C=O) groups excluding carboxylic acids is 1. The average molecular weight is 247 g/mol. The zero-order valence-corrected chi connectivity index (χ0v) is 9.21. The van der Waals surface area contributed by atoms with Crippen molar-refractivity contribution in [3.05, 3.63) is 35.1 Å². The van der Waals surface area contributed by atoms with Crippen molar-refractivity contribution in [1.82, 2.24) is 4.90 Å². The van der Waals surface area contributed by atoms with Gasteiger partial charge in [-0.3, -0.25) is 4.79 Å². The van der Waals surface area contributed by atoms with E-state index in [4.69, 9.17) is 5.11 Å². The lowest BCUT2D eigenvalue weighted by Crippen LogP contribution is -2.31. The van der Waals surface area contributed by atoms with Gasteiger partial charge in [0.2, 0.25) is 5.91 Å². The second-order valence-electron chi connectivity index (χ2n) is 3.56. The largest absolute Gasteiger partial charge is 0.395 e. The number of aliphatic hydroxyl groups is 1. The first-order valence-corrected chi connectivity index (χ1v) is 4.94. The molecular formula is C11H12F3NO2. The van der Waals surface area contributed by atoms with Gasteiger partial charge in [-0.15, -0.1) is 0 Å². The van der Waals surface area contributed by atoms with Crippen LogP contribution in [0.4, 0.5) is 13.2 Å². The van der Waals surface area contributed by atoms with Gasteiger partial charge < -0.3 is 10.0 Å². The van der Waals surface area contributed by atoms with Crippen molar-refractivity contribution in [2.45, 2.75) is 6.42 Å². The van der Waals surface area contributed by atoms with E-state index >= 15 is 0 Å². The molecule has 1 aromatic carbocycles. The SMILES string of the molecule is CN(CCO)C(=O)Cc1c(F)cc(F)cc1F. The Morgan fingerprint density at radius 2 is 1.82 bits per heavy atom. The second kappa shape index (κ2) is 5.67. The molecule has 17 heavy (non-hydrogen) atoms. The molecule has 1 rings (SSSR count). The lowest BCUT2D eigenvalue weighted by atomic mass is 10.1. The Labute approximate surface area is 96.5 Å². The van der Waals surface area contributed by atoms with Crippen LogP contribution in [0.5, 0.6) is 0 Å². The Balaban J connectivity index is 2.85. The first-order valence-electron chi connectivity index (χ1n) is 4.94. The van der Waals surface area contributed by atoms with E-state index in [1.54, 1.807) is 0 Å². The molecule has 0 fully saturated rings. The molecule has 0 radical (unpaired) electrons. The minimum absolute atomic E-state index is 0.0727. The maximum atomic E-state index is 13.2. The molecule has 1 amide bonds. The van der Waals surface area contributed by atoms with Crippen molar-refractivity contribution in [3.63, 3.8) is 0 Å². The summed E-state index contributed by atoms with van der Waals surface area (Å²) in [6, 6.07) is 1.05. The van der Waals surface area contributed by atoms with Crippen molar-refractivity contribution >= 4 is 5.91 Å². The van der Waals surface area contributed by atoms with E-state index in [0.29, 0.717) is 12.1 Å². The van der Waals surface area contributed by atoms with Gasteiger partial charge in [-0.25, -0.2) is 13.2 Å². The predicted molar refractivity (Wildman–Crippen MR) is 54.7 cm³/mol. The number of hydrogen-bond acceptors (Lipinski definition) is 2. The van der Waals surface area contributed by atoms with E-state index in [-0.39, 0.29) is 13.2 Å². The fourth-order valence-electron chi connectivity index (χ4n) is 1.30. The zero-order chi connectivity index (χ0) is 13.0. The number of amides is 1. The van der Waals surface area contributed by atoms with E-state index in [9.17, 15) is 18.0 Å². The first-order chi connectivity index (χ1) is 7.95. The van der Waals surface area contributed by atoms with Gasteiger partial charge in [0.15, 0.2) is 0 Å². The number of hydrogen-bond donors (Lipinski definition) is 1. The van der Waals surface area contributed by atoms with Gasteiger partial charge >= 0.3 is 0 Å². The van der Waals surface area contributed by atoms with Crippen LogP contribution in [0.25, 0.3) is 0 Å². The Morgan fingerprint density at radius 1 is 1.29 bits per heavy atom. The standard InChI is InChI=1S/C11H12F3NO2/c1-15(2-3-16)11(17)6-8-9(13)4-7(12)5-10(8)14/h4-5,16H,2-3,6H2,1H3. The van der Waals surface area contributed by atoms with Crippen molar-refractivity contribution in [3.8, 4) is 0 Å². The van der Waals surface area contributed by atoms with E-state index in [2.05, 4.69) is 0 Å². The van der Waals surface area contributed by atoms with Crippen molar-refractivity contribution in [2.75, 3.05) is 20.2 Å². The summed E-state index contributed by atoms with van der Waals surface area (Å²) in [6.07, 6.45) is -0.506. The highest BCUT2D eigenvalue weighted by Crippen LogP contribution is 2.15. The van der Waals surface area contributed by atoms with Gasteiger partial charge in [0, 0.05) is 31.3 Å². The predicted octanol–water partition coefficient (Wildman–Crippen LogP) is 1.10. The maximum absolute atomic E-state index is 13.2. The molecule has 3 nitrogen and oxygen atoms in total. The van der Waals surface area contributed by atoms with E-state index < -0.39 is 35.3 Å². The van der Waals surface area contributed by atoms with Crippen LogP contribution in [-0.4, -0.2) is 36.1 Å². The number of rotatable bonds is 4. The van der Waals surface area contributed by atoms with Crippen LogP contribution in [0.15, 0.2) is 12.1 Å². The van der Waals surface area contributed by atoms with Crippen LogP contribution in [-0.2, 0) is 11.2 Å². The zero-order valence-electron chi connectivity index (χ0n) is 9.21. The van der Waals surface area contributed by atoms with E-state index in [0.717, 1.165) is 4.90 Å². The number of halogens is 3. The lowest BCUT2D eigenvalue weighted by Gasteiger charge is -2.16. The van der Waals surface area contributed by atoms with Gasteiger partial charge in [-0.1, -0.05) is 0 Å². The fourth-order valence-corrected chi connectivity index (χ4v) is 1.30. The summed E-state index contributed by atoms with van der Waals surface area (Å²) in [5, 5.41) is 8.61. The van der Waals surface area contributed by atoms with Crippen LogP contribution in [0.3, 0.4) is 0 Å². The molecule has 0 aliphatic carbocycles. The molecule has 0 aromatic heterocycles. The molecule has 0 aliphatic heterocycles. The van der Waals surface area contributed by atoms with Crippen molar-refractivity contribution in [1.29, 1.82) is 0 Å². The fraction of sp³-hybridized carbons (Fsp3) is 0.364. The third-order valence-electron chi connectivity index (χ3n) is 2.29. The highest BCUT2D eigenvalue weighted by Gasteiger charge is 2.17. The summed E-state index contributed by atoms with van der Waals surface area (Å²) in [6.45, 7) is -0.167. The van der Waals surface area contributed by atoms with Crippen LogP contribution in [0.1, 0.15) is 5.56 Å². The lowest BCUT2D eigenvalue weighted by molar-refractivity contribution is -0.129. The number of aliphatic hydroxyl groups excluding tert-OH is 1. The van der Waals surface area contributed by atoms with Crippen LogP contribution in [0, 0.1) is 17.5 Å². The highest BCUT2D eigenvalue weighted by molar-refractivity contribution is 5.78. The number of benzene rings is 1. The molecule has 0 heterocycles. The summed E-state index contributed by atoms with van der Waals surface area (Å²) in [4.78, 5) is 12.6. The summed E-state index contributed by atoms with van der Waals surface area (Å²) in [5.74, 6) is -3.76. The summed E-state index contributed by atoms with van der Waals surface area (Å²) >= 11 is 0. The first kappa shape index (κ1) is 13.5. The molecule has 0 unspecified atom stereocenters. The smallest absolute Gasteiger partial charge is 0.227 e. The quantitative estimate of drug-likeness (QED) is 0.865. The molecule has 6 heteroatoms. The minimum Gasteiger partial charge on any atom is -0.395 e. The third-order valence-corrected chi connectivity index (χ3v) is 2.29. The van der Waals surface area contributed by atoms with E-state index in [1.807, 2.05) is 0 Å². The molecule has 94 valence electrons. The Bertz CT molecular complexity index is 400. The molecule has 1 N–H and O–H groups in total. The minimum atomic E-state index is -1.09. The molecule has 0 atom stereocenters. The van der Waals surface area contributed by atoms with Crippen LogP contribution >= 0.6 is 0 Å².